The van der Waals surface area contributed by atoms with Crippen LogP contribution >= 0.6 is 11.6 Å². The summed E-state index contributed by atoms with van der Waals surface area (Å²) < 4.78 is 47.0. The number of aliphatic hydroxyl groups excluding tert-OH is 1. The van der Waals surface area contributed by atoms with E-state index in [1.807, 2.05) is 0 Å². The number of ether oxygens (including phenoxy) is 1. The number of halogens is 4. The number of amides is 2. The summed E-state index contributed by atoms with van der Waals surface area (Å²) in [6.45, 7) is 1.44. The highest BCUT2D eigenvalue weighted by Crippen LogP contribution is 2.41. The second-order valence-electron chi connectivity index (χ2n) is 10.2. The number of aliphatic hydroxyl groups is 2. The number of nitrogens with zero attached hydrogens (tertiary/aromatic N) is 4. The highest BCUT2D eigenvalue weighted by atomic mass is 35.5. The van der Waals surface area contributed by atoms with Gasteiger partial charge in [-0.1, -0.05) is 23.7 Å². The van der Waals surface area contributed by atoms with E-state index in [4.69, 9.17) is 21.4 Å². The third-order valence-corrected chi connectivity index (χ3v) is 7.73. The molecular weight excluding hydrogens is 565 g/mol. The van der Waals surface area contributed by atoms with Crippen LogP contribution in [-0.4, -0.2) is 97.0 Å². The average molecular weight is 601 g/mol. The van der Waals surface area contributed by atoms with Crippen LogP contribution in [0.15, 0.2) is 36.4 Å². The van der Waals surface area contributed by atoms with Gasteiger partial charge in [-0.05, 0) is 55.9 Å². The Morgan fingerprint density at radius 3 is 2.39 bits per heavy atom. The predicted octanol–water partition coefficient (Wildman–Crippen LogP) is 3.71. The molecule has 2 amide bonds. The highest BCUT2D eigenvalue weighted by Gasteiger charge is 2.61. The smallest absolute Gasteiger partial charge is 0.430 e. The number of carbonyl (C=O) groups excluding carboxylic acids is 2. The van der Waals surface area contributed by atoms with Crippen molar-refractivity contribution in [3.63, 3.8) is 0 Å². The van der Waals surface area contributed by atoms with Crippen LogP contribution in [0.4, 0.5) is 19.0 Å². The molecule has 3 rings (SSSR count). The quantitative estimate of drug-likeness (QED) is 0.379. The van der Waals surface area contributed by atoms with Gasteiger partial charge in [-0.3, -0.25) is 9.59 Å². The van der Waals surface area contributed by atoms with E-state index >= 15 is 0 Å². The van der Waals surface area contributed by atoms with Gasteiger partial charge in [0.25, 0.3) is 17.4 Å². The molecule has 2 heterocycles. The first-order chi connectivity index (χ1) is 19.3. The van der Waals surface area contributed by atoms with Crippen LogP contribution in [0.5, 0.6) is 5.75 Å². The fourth-order valence-corrected chi connectivity index (χ4v) is 5.15. The van der Waals surface area contributed by atoms with Gasteiger partial charge >= 0.3 is 6.18 Å². The standard InChI is InChI=1S/C28H36ClF3N4O5/c1-34(16-17-37)25(38)22-9-10-23(33-24(22)29)36-14-11-19(12-15-36)6-5-13-35(2)26(39)27(40,28(30,31)32)20-7-4-8-21(18-20)41-3/h4,7-10,18-19,37,40H,5-6,11-17H2,1-3H3/t27-/m1/s1. The summed E-state index contributed by atoms with van der Waals surface area (Å²) in [5.74, 6) is -0.732. The molecule has 0 radical (unpaired) electrons. The highest BCUT2D eigenvalue weighted by molar-refractivity contribution is 6.32. The fourth-order valence-electron chi connectivity index (χ4n) is 4.92. The largest absolute Gasteiger partial charge is 0.497 e. The number of methoxy groups -OCH3 is 1. The SMILES string of the molecule is COc1cccc([C@@](O)(C(=O)N(C)CCCC2CCN(c3ccc(C(=O)N(C)CCO)c(Cl)n3)CC2)C(F)(F)F)c1. The second kappa shape index (κ2) is 13.7. The molecule has 13 heteroatoms. The average Bonchev–Trinajstić information content (AvgIpc) is 2.95. The number of likely N-dealkylation sites (N-methyl/N-ethyl adjacent to an activating group) is 2. The van der Waals surface area contributed by atoms with Crippen molar-refractivity contribution in [2.24, 2.45) is 5.92 Å². The number of hydrogen-bond donors (Lipinski definition) is 2. The molecule has 9 nitrogen and oxygen atoms in total. The van der Waals surface area contributed by atoms with E-state index in [9.17, 15) is 27.9 Å². The number of piperidine rings is 1. The van der Waals surface area contributed by atoms with Gasteiger partial charge in [0.2, 0.25) is 0 Å². The molecule has 0 aliphatic carbocycles. The molecule has 1 aliphatic heterocycles. The Hall–Kier alpha value is -3.09. The molecular formula is C28H36ClF3N4O5. The number of hydrogen-bond acceptors (Lipinski definition) is 7. The number of anilines is 1. The molecule has 2 aromatic rings. The lowest BCUT2D eigenvalue weighted by Crippen LogP contribution is -2.55. The molecule has 0 bridgehead atoms. The maximum atomic E-state index is 14.0. The maximum Gasteiger partial charge on any atom is 0.430 e. The first-order valence-electron chi connectivity index (χ1n) is 13.3. The zero-order valence-electron chi connectivity index (χ0n) is 23.3. The van der Waals surface area contributed by atoms with E-state index in [2.05, 4.69) is 9.88 Å². The van der Waals surface area contributed by atoms with Crippen LogP contribution in [0, 0.1) is 5.92 Å². The van der Waals surface area contributed by atoms with Gasteiger partial charge in [0, 0.05) is 45.8 Å². The topological polar surface area (TPSA) is 106 Å². The molecule has 0 spiro atoms. The van der Waals surface area contributed by atoms with E-state index in [0.29, 0.717) is 37.7 Å². The lowest BCUT2D eigenvalue weighted by Gasteiger charge is -2.34. The first-order valence-corrected chi connectivity index (χ1v) is 13.7. The Balaban J connectivity index is 1.54. The Morgan fingerprint density at radius 2 is 1.80 bits per heavy atom. The number of carbonyl (C=O) groups is 2. The van der Waals surface area contributed by atoms with Crippen molar-refractivity contribution in [3.05, 3.63) is 52.7 Å². The monoisotopic (exact) mass is 600 g/mol. The number of pyridine rings is 1. The lowest BCUT2D eigenvalue weighted by atomic mass is 9.90. The molecule has 1 aliphatic rings. The summed E-state index contributed by atoms with van der Waals surface area (Å²) in [6.07, 6.45) is -2.43. The Labute approximate surface area is 242 Å². The van der Waals surface area contributed by atoms with Crippen LogP contribution in [0.1, 0.15) is 41.6 Å². The number of aromatic nitrogens is 1. The molecule has 2 N–H and O–H groups in total. The molecule has 1 aromatic carbocycles. The van der Waals surface area contributed by atoms with Crippen molar-refractivity contribution in [1.82, 2.24) is 14.8 Å². The van der Waals surface area contributed by atoms with Gasteiger partial charge < -0.3 is 29.6 Å². The zero-order chi connectivity index (χ0) is 30.4. The Kier molecular flexibility index (Phi) is 10.8. The minimum Gasteiger partial charge on any atom is -0.497 e. The minimum absolute atomic E-state index is 0.0544. The third kappa shape index (κ3) is 7.41. The summed E-state index contributed by atoms with van der Waals surface area (Å²) in [4.78, 5) is 34.1. The van der Waals surface area contributed by atoms with E-state index in [1.54, 1.807) is 19.2 Å². The van der Waals surface area contributed by atoms with Crippen molar-refractivity contribution >= 4 is 29.2 Å². The van der Waals surface area contributed by atoms with Crippen LogP contribution < -0.4 is 9.64 Å². The minimum atomic E-state index is -5.23. The number of alkyl halides is 3. The molecule has 1 atom stereocenters. The number of benzene rings is 1. The maximum absolute atomic E-state index is 14.0. The number of rotatable bonds is 11. The Bertz CT molecular complexity index is 1210. The Morgan fingerprint density at radius 1 is 1.12 bits per heavy atom. The van der Waals surface area contributed by atoms with Gasteiger partial charge in [-0.2, -0.15) is 13.2 Å². The van der Waals surface area contributed by atoms with Crippen LogP contribution in [0.3, 0.4) is 0 Å². The lowest BCUT2D eigenvalue weighted by molar-refractivity contribution is -0.261. The van der Waals surface area contributed by atoms with E-state index < -0.39 is 23.2 Å². The van der Waals surface area contributed by atoms with E-state index in [0.717, 1.165) is 29.9 Å². The summed E-state index contributed by atoms with van der Waals surface area (Å²) in [6, 6.07) is 8.14. The first kappa shape index (κ1) is 32.4. The van der Waals surface area contributed by atoms with Gasteiger partial charge in [0.1, 0.15) is 16.7 Å². The van der Waals surface area contributed by atoms with Crippen LogP contribution in [0.2, 0.25) is 5.15 Å². The predicted molar refractivity (Wildman–Crippen MR) is 148 cm³/mol. The third-order valence-electron chi connectivity index (χ3n) is 7.44. The molecule has 0 saturated carbocycles. The van der Waals surface area contributed by atoms with Crippen molar-refractivity contribution < 1.29 is 37.7 Å². The summed E-state index contributed by atoms with van der Waals surface area (Å²) in [7, 11) is 4.11. The van der Waals surface area contributed by atoms with Crippen LogP contribution in [-0.2, 0) is 10.4 Å². The van der Waals surface area contributed by atoms with Gasteiger partial charge in [-0.25, -0.2) is 4.98 Å². The molecule has 41 heavy (non-hydrogen) atoms. The normalized spacial score (nSPS) is 15.8. The zero-order valence-corrected chi connectivity index (χ0v) is 24.1. The molecule has 0 unspecified atom stereocenters. The van der Waals surface area contributed by atoms with Crippen molar-refractivity contribution in [2.75, 3.05) is 58.9 Å². The molecule has 1 fully saturated rings. The molecule has 226 valence electrons. The van der Waals surface area contributed by atoms with Gasteiger partial charge in [-0.15, -0.1) is 0 Å². The van der Waals surface area contributed by atoms with Crippen molar-refractivity contribution in [2.45, 2.75) is 37.5 Å². The molecule has 1 aromatic heterocycles. The van der Waals surface area contributed by atoms with Crippen LogP contribution in [0.25, 0.3) is 0 Å². The second-order valence-corrected chi connectivity index (χ2v) is 10.6. The summed E-state index contributed by atoms with van der Waals surface area (Å²) >= 11 is 6.28. The van der Waals surface area contributed by atoms with E-state index in [1.165, 1.54) is 31.2 Å². The van der Waals surface area contributed by atoms with E-state index in [-0.39, 0.29) is 42.1 Å². The summed E-state index contributed by atoms with van der Waals surface area (Å²) in [5, 5.41) is 19.8. The summed E-state index contributed by atoms with van der Waals surface area (Å²) in [5.41, 5.74) is -4.04. The van der Waals surface area contributed by atoms with Gasteiger partial charge in [0.15, 0.2) is 0 Å². The fraction of sp³-hybridized carbons (Fsp3) is 0.536. The molecule has 1 saturated heterocycles. The van der Waals surface area contributed by atoms with Gasteiger partial charge in [0.05, 0.1) is 19.3 Å². The van der Waals surface area contributed by atoms with Crippen molar-refractivity contribution in [3.8, 4) is 5.75 Å². The van der Waals surface area contributed by atoms with Crippen molar-refractivity contribution in [1.29, 1.82) is 0 Å².